The average molecular weight is 344 g/mol. The van der Waals surface area contributed by atoms with Gasteiger partial charge in [0.1, 0.15) is 5.75 Å². The number of phenolic OH excluding ortho intramolecular Hbond substituents is 1. The van der Waals surface area contributed by atoms with Crippen molar-refractivity contribution in [3.05, 3.63) is 47.5 Å². The van der Waals surface area contributed by atoms with Crippen molar-refractivity contribution in [3.8, 4) is 28.7 Å². The van der Waals surface area contributed by atoms with E-state index in [0.29, 0.717) is 23.0 Å². The van der Waals surface area contributed by atoms with Gasteiger partial charge in [-0.1, -0.05) is 12.1 Å². The number of ketones is 1. The highest BCUT2D eigenvalue weighted by molar-refractivity contribution is 6.09. The van der Waals surface area contributed by atoms with Gasteiger partial charge in [-0.3, -0.25) is 4.79 Å². The Morgan fingerprint density at radius 1 is 0.840 bits per heavy atom. The maximum Gasteiger partial charge on any atom is 0.189 e. The van der Waals surface area contributed by atoms with Crippen LogP contribution < -0.4 is 18.9 Å². The molecular weight excluding hydrogens is 324 g/mol. The third-order valence-corrected chi connectivity index (χ3v) is 3.60. The summed E-state index contributed by atoms with van der Waals surface area (Å²) in [7, 11) is 6.01. The Labute approximate surface area is 146 Å². The molecule has 0 unspecified atom stereocenters. The summed E-state index contributed by atoms with van der Waals surface area (Å²) >= 11 is 0. The van der Waals surface area contributed by atoms with Gasteiger partial charge in [-0.25, -0.2) is 0 Å². The second kappa shape index (κ2) is 8.10. The minimum atomic E-state index is -0.367. The molecule has 0 aromatic heterocycles. The lowest BCUT2D eigenvalue weighted by Gasteiger charge is -2.10. The fraction of sp³-hybridized carbons (Fsp3) is 0.211. The van der Waals surface area contributed by atoms with Crippen LogP contribution in [0.25, 0.3) is 6.08 Å². The first kappa shape index (κ1) is 18.2. The summed E-state index contributed by atoms with van der Waals surface area (Å²) in [6, 6.07) is 8.07. The largest absolute Gasteiger partial charge is 0.507 e. The molecule has 0 atom stereocenters. The zero-order valence-corrected chi connectivity index (χ0v) is 14.5. The van der Waals surface area contributed by atoms with Crippen LogP contribution in [0.4, 0.5) is 0 Å². The number of phenols is 1. The third-order valence-electron chi connectivity index (χ3n) is 3.60. The molecule has 6 heteroatoms. The number of hydrogen-bond acceptors (Lipinski definition) is 6. The molecule has 0 heterocycles. The van der Waals surface area contributed by atoms with Crippen LogP contribution in [0.5, 0.6) is 28.7 Å². The van der Waals surface area contributed by atoms with Crippen LogP contribution in [-0.2, 0) is 0 Å². The van der Waals surface area contributed by atoms with Crippen molar-refractivity contribution in [2.24, 2.45) is 0 Å². The lowest BCUT2D eigenvalue weighted by atomic mass is 10.1. The molecule has 2 rings (SSSR count). The minimum Gasteiger partial charge on any atom is -0.507 e. The zero-order valence-electron chi connectivity index (χ0n) is 14.5. The van der Waals surface area contributed by atoms with Crippen LogP contribution in [0.3, 0.4) is 0 Å². The van der Waals surface area contributed by atoms with E-state index in [-0.39, 0.29) is 17.1 Å². The Balaban J connectivity index is 2.29. The van der Waals surface area contributed by atoms with Gasteiger partial charge in [0.15, 0.2) is 28.8 Å². The first-order chi connectivity index (χ1) is 12.0. The number of benzene rings is 2. The predicted molar refractivity (Wildman–Crippen MR) is 94.1 cm³/mol. The van der Waals surface area contributed by atoms with Crippen molar-refractivity contribution in [3.63, 3.8) is 0 Å². The van der Waals surface area contributed by atoms with Crippen LogP contribution in [0.15, 0.2) is 36.4 Å². The normalized spacial score (nSPS) is 10.6. The van der Waals surface area contributed by atoms with Crippen molar-refractivity contribution in [2.75, 3.05) is 28.4 Å². The Morgan fingerprint density at radius 3 is 2.00 bits per heavy atom. The lowest BCUT2D eigenvalue weighted by molar-refractivity contribution is 0.104. The molecule has 0 aliphatic heterocycles. The smallest absolute Gasteiger partial charge is 0.189 e. The molecule has 2 aromatic rings. The van der Waals surface area contributed by atoms with Crippen LogP contribution in [0, 0.1) is 0 Å². The number of carbonyl (C=O) groups excluding carboxylic acids is 1. The molecule has 0 amide bonds. The van der Waals surface area contributed by atoms with E-state index < -0.39 is 0 Å². The number of rotatable bonds is 7. The zero-order chi connectivity index (χ0) is 18.4. The van der Waals surface area contributed by atoms with Gasteiger partial charge in [0.25, 0.3) is 0 Å². The monoisotopic (exact) mass is 344 g/mol. The topological polar surface area (TPSA) is 74.2 Å². The fourth-order valence-electron chi connectivity index (χ4n) is 2.28. The van der Waals surface area contributed by atoms with Gasteiger partial charge in [-0.15, -0.1) is 0 Å². The SMILES string of the molecule is COc1ccc(C=CC(=O)c2cc(OC)c(OC)cc2O)cc1OC. The second-order valence-corrected chi connectivity index (χ2v) is 5.04. The first-order valence-corrected chi connectivity index (χ1v) is 7.43. The molecule has 6 nitrogen and oxygen atoms in total. The summed E-state index contributed by atoms with van der Waals surface area (Å²) in [5, 5.41) is 10.0. The van der Waals surface area contributed by atoms with Crippen LogP contribution in [0.2, 0.25) is 0 Å². The van der Waals surface area contributed by atoms with Gasteiger partial charge in [0.05, 0.1) is 34.0 Å². The van der Waals surface area contributed by atoms with E-state index in [0.717, 1.165) is 5.56 Å². The summed E-state index contributed by atoms with van der Waals surface area (Å²) < 4.78 is 20.6. The Bertz CT molecular complexity index is 795. The van der Waals surface area contributed by atoms with Crippen LogP contribution >= 0.6 is 0 Å². The summed E-state index contributed by atoms with van der Waals surface area (Å²) in [5.74, 6) is 1.33. The Kier molecular flexibility index (Phi) is 5.89. The highest BCUT2D eigenvalue weighted by Crippen LogP contribution is 2.34. The third kappa shape index (κ3) is 4.03. The van der Waals surface area contributed by atoms with E-state index in [9.17, 15) is 9.90 Å². The van der Waals surface area contributed by atoms with Crippen molar-refractivity contribution < 1.29 is 28.8 Å². The summed E-state index contributed by atoms with van der Waals surface area (Å²) in [4.78, 5) is 12.4. The summed E-state index contributed by atoms with van der Waals surface area (Å²) in [6.07, 6.45) is 2.99. The molecule has 0 aliphatic rings. The van der Waals surface area contributed by atoms with E-state index in [2.05, 4.69) is 0 Å². The van der Waals surface area contributed by atoms with Gasteiger partial charge < -0.3 is 24.1 Å². The van der Waals surface area contributed by atoms with Crippen molar-refractivity contribution in [1.82, 2.24) is 0 Å². The van der Waals surface area contributed by atoms with Gasteiger partial charge in [-0.2, -0.15) is 0 Å². The van der Waals surface area contributed by atoms with E-state index in [1.54, 1.807) is 31.4 Å². The van der Waals surface area contributed by atoms with Gasteiger partial charge >= 0.3 is 0 Å². The molecular formula is C19H20O6. The van der Waals surface area contributed by atoms with E-state index >= 15 is 0 Å². The molecule has 0 fully saturated rings. The molecule has 0 aliphatic carbocycles. The number of allylic oxidation sites excluding steroid dienone is 1. The molecule has 1 N–H and O–H groups in total. The predicted octanol–water partition coefficient (Wildman–Crippen LogP) is 3.32. The molecule has 0 radical (unpaired) electrons. The average Bonchev–Trinajstić information content (AvgIpc) is 2.65. The molecule has 0 saturated heterocycles. The number of hydrogen-bond donors (Lipinski definition) is 1. The number of methoxy groups -OCH3 is 4. The summed E-state index contributed by atoms with van der Waals surface area (Å²) in [5.41, 5.74) is 0.875. The highest BCUT2D eigenvalue weighted by Gasteiger charge is 2.14. The second-order valence-electron chi connectivity index (χ2n) is 5.04. The molecule has 25 heavy (non-hydrogen) atoms. The van der Waals surface area contributed by atoms with Gasteiger partial charge in [0.2, 0.25) is 0 Å². The van der Waals surface area contributed by atoms with E-state index in [1.165, 1.54) is 39.5 Å². The Morgan fingerprint density at radius 2 is 1.40 bits per heavy atom. The fourth-order valence-corrected chi connectivity index (χ4v) is 2.28. The maximum absolute atomic E-state index is 12.4. The van der Waals surface area contributed by atoms with E-state index in [1.807, 2.05) is 0 Å². The number of carbonyl (C=O) groups is 1. The molecule has 0 bridgehead atoms. The van der Waals surface area contributed by atoms with Gasteiger partial charge in [0, 0.05) is 6.07 Å². The quantitative estimate of drug-likeness (QED) is 0.613. The van der Waals surface area contributed by atoms with E-state index in [4.69, 9.17) is 18.9 Å². The molecule has 0 spiro atoms. The first-order valence-electron chi connectivity index (χ1n) is 7.43. The maximum atomic E-state index is 12.4. The van der Waals surface area contributed by atoms with Gasteiger partial charge in [-0.05, 0) is 29.8 Å². The van der Waals surface area contributed by atoms with Crippen LogP contribution in [-0.4, -0.2) is 39.3 Å². The van der Waals surface area contributed by atoms with Crippen LogP contribution in [0.1, 0.15) is 15.9 Å². The standard InChI is InChI=1S/C19H20O6/c1-22-16-8-6-12(9-17(16)23-2)5-7-14(20)13-10-18(24-3)19(25-4)11-15(13)21/h5-11,21H,1-4H3. The lowest BCUT2D eigenvalue weighted by Crippen LogP contribution is -1.98. The molecule has 0 saturated carbocycles. The number of ether oxygens (including phenoxy) is 4. The van der Waals surface area contributed by atoms with Crippen molar-refractivity contribution >= 4 is 11.9 Å². The number of aromatic hydroxyl groups is 1. The van der Waals surface area contributed by atoms with Crippen molar-refractivity contribution in [1.29, 1.82) is 0 Å². The molecule has 2 aromatic carbocycles. The Hall–Kier alpha value is -3.15. The highest BCUT2D eigenvalue weighted by atomic mass is 16.5. The summed E-state index contributed by atoms with van der Waals surface area (Å²) in [6.45, 7) is 0. The molecule has 132 valence electrons. The van der Waals surface area contributed by atoms with Crippen molar-refractivity contribution in [2.45, 2.75) is 0 Å². The minimum absolute atomic E-state index is 0.120.